The first-order valence-corrected chi connectivity index (χ1v) is 9.73. The van der Waals surface area contributed by atoms with E-state index in [1.807, 2.05) is 36.4 Å². The number of amides is 1. The maximum absolute atomic E-state index is 11.8. The summed E-state index contributed by atoms with van der Waals surface area (Å²) in [6.07, 6.45) is 2.95. The second-order valence-corrected chi connectivity index (χ2v) is 7.49. The molecule has 1 heterocycles. The monoisotopic (exact) mass is 510 g/mol. The SMILES string of the molecule is O=C(N/N=C\c1cc(Br)c(OCc2ccccc2Cl)c(Br)c1)c1ccco1. The standard InChI is InChI=1S/C19H13Br2ClN2O3/c20-14-8-12(10-23-24-19(25)17-6-3-7-26-17)9-15(21)18(14)27-11-13-4-1-2-5-16(13)22/h1-10H,11H2,(H,24,25)/b23-10-. The highest BCUT2D eigenvalue weighted by Crippen LogP contribution is 2.35. The molecule has 8 heteroatoms. The molecule has 0 bridgehead atoms. The van der Waals surface area contributed by atoms with Crippen molar-refractivity contribution in [3.8, 4) is 5.75 Å². The number of hydrazone groups is 1. The van der Waals surface area contributed by atoms with Crippen molar-refractivity contribution in [3.63, 3.8) is 0 Å². The molecule has 0 saturated heterocycles. The second kappa shape index (κ2) is 9.21. The minimum Gasteiger partial charge on any atom is -0.486 e. The van der Waals surface area contributed by atoms with Gasteiger partial charge in [-0.1, -0.05) is 29.8 Å². The summed E-state index contributed by atoms with van der Waals surface area (Å²) in [6.45, 7) is 0.337. The molecule has 0 fully saturated rings. The largest absolute Gasteiger partial charge is 0.486 e. The lowest BCUT2D eigenvalue weighted by Gasteiger charge is -2.12. The summed E-state index contributed by atoms with van der Waals surface area (Å²) in [5.41, 5.74) is 4.06. The van der Waals surface area contributed by atoms with Crippen LogP contribution in [0.3, 0.4) is 0 Å². The third-order valence-electron chi connectivity index (χ3n) is 3.48. The van der Waals surface area contributed by atoms with Crippen LogP contribution in [0.25, 0.3) is 0 Å². The molecule has 3 aromatic rings. The van der Waals surface area contributed by atoms with Crippen LogP contribution in [0.1, 0.15) is 21.7 Å². The smallest absolute Gasteiger partial charge is 0.307 e. The van der Waals surface area contributed by atoms with Gasteiger partial charge in [0.2, 0.25) is 0 Å². The van der Waals surface area contributed by atoms with Crippen LogP contribution in [0, 0.1) is 0 Å². The number of benzene rings is 2. The van der Waals surface area contributed by atoms with E-state index in [0.717, 1.165) is 20.1 Å². The number of halogens is 3. The van der Waals surface area contributed by atoms with Crippen molar-refractivity contribution >= 4 is 55.6 Å². The van der Waals surface area contributed by atoms with E-state index in [2.05, 4.69) is 42.4 Å². The van der Waals surface area contributed by atoms with Crippen LogP contribution >= 0.6 is 43.5 Å². The number of ether oxygens (including phenoxy) is 1. The zero-order chi connectivity index (χ0) is 19.2. The van der Waals surface area contributed by atoms with E-state index in [4.69, 9.17) is 20.8 Å². The van der Waals surface area contributed by atoms with Crippen LogP contribution in [0.5, 0.6) is 5.75 Å². The predicted molar refractivity (Wildman–Crippen MR) is 111 cm³/mol. The quantitative estimate of drug-likeness (QED) is 0.335. The average Bonchev–Trinajstić information content (AvgIpc) is 3.17. The number of hydrogen-bond acceptors (Lipinski definition) is 4. The van der Waals surface area contributed by atoms with E-state index in [-0.39, 0.29) is 5.76 Å². The first-order chi connectivity index (χ1) is 13.0. The molecule has 0 saturated carbocycles. The summed E-state index contributed by atoms with van der Waals surface area (Å²) in [6, 6.07) is 14.4. The van der Waals surface area contributed by atoms with E-state index >= 15 is 0 Å². The van der Waals surface area contributed by atoms with Crippen molar-refractivity contribution in [2.45, 2.75) is 6.61 Å². The molecule has 27 heavy (non-hydrogen) atoms. The second-order valence-electron chi connectivity index (χ2n) is 5.37. The normalized spacial score (nSPS) is 10.9. The van der Waals surface area contributed by atoms with Crippen molar-refractivity contribution in [1.29, 1.82) is 0 Å². The van der Waals surface area contributed by atoms with Crippen LogP contribution in [0.4, 0.5) is 0 Å². The van der Waals surface area contributed by atoms with Crippen molar-refractivity contribution in [1.82, 2.24) is 5.43 Å². The van der Waals surface area contributed by atoms with E-state index < -0.39 is 5.91 Å². The maximum atomic E-state index is 11.8. The van der Waals surface area contributed by atoms with E-state index in [9.17, 15) is 4.79 Å². The Morgan fingerprint density at radius 2 is 1.93 bits per heavy atom. The van der Waals surface area contributed by atoms with Gasteiger partial charge in [-0.15, -0.1) is 0 Å². The number of nitrogens with zero attached hydrogens (tertiary/aromatic N) is 1. The van der Waals surface area contributed by atoms with Crippen LogP contribution < -0.4 is 10.2 Å². The van der Waals surface area contributed by atoms with Gasteiger partial charge in [-0.05, 0) is 67.8 Å². The van der Waals surface area contributed by atoms with E-state index in [1.54, 1.807) is 12.1 Å². The minimum absolute atomic E-state index is 0.192. The van der Waals surface area contributed by atoms with E-state index in [1.165, 1.54) is 12.5 Å². The Morgan fingerprint density at radius 3 is 2.59 bits per heavy atom. The van der Waals surface area contributed by atoms with Crippen LogP contribution in [0.15, 0.2) is 73.3 Å². The molecular weight excluding hydrogens is 499 g/mol. The van der Waals surface area contributed by atoms with Gasteiger partial charge in [0.1, 0.15) is 12.4 Å². The van der Waals surface area contributed by atoms with Gasteiger partial charge in [0.25, 0.3) is 0 Å². The summed E-state index contributed by atoms with van der Waals surface area (Å²) >= 11 is 13.1. The van der Waals surface area contributed by atoms with Crippen molar-refractivity contribution in [2.24, 2.45) is 5.10 Å². The fourth-order valence-electron chi connectivity index (χ4n) is 2.19. The van der Waals surface area contributed by atoms with Crippen molar-refractivity contribution < 1.29 is 13.9 Å². The lowest BCUT2D eigenvalue weighted by atomic mass is 10.2. The summed E-state index contributed by atoms with van der Waals surface area (Å²) in [7, 11) is 0. The third-order valence-corrected chi connectivity index (χ3v) is 5.02. The molecule has 1 aromatic heterocycles. The molecule has 5 nitrogen and oxygen atoms in total. The van der Waals surface area contributed by atoms with Gasteiger partial charge in [0.05, 0.1) is 21.4 Å². The molecule has 0 radical (unpaired) electrons. The highest BCUT2D eigenvalue weighted by molar-refractivity contribution is 9.11. The molecule has 0 aliphatic heterocycles. The third kappa shape index (κ3) is 5.22. The Labute approximate surface area is 177 Å². The molecule has 138 valence electrons. The number of furan rings is 1. The predicted octanol–water partition coefficient (Wildman–Crippen LogP) is 5.80. The van der Waals surface area contributed by atoms with Gasteiger partial charge in [-0.25, -0.2) is 5.43 Å². The van der Waals surface area contributed by atoms with Crippen LogP contribution in [0.2, 0.25) is 5.02 Å². The Bertz CT molecular complexity index is 952. The van der Waals surface area contributed by atoms with Crippen molar-refractivity contribution in [2.75, 3.05) is 0 Å². The summed E-state index contributed by atoms with van der Waals surface area (Å²) in [4.78, 5) is 11.8. The molecule has 2 aromatic carbocycles. The lowest BCUT2D eigenvalue weighted by Crippen LogP contribution is -2.16. The summed E-state index contributed by atoms with van der Waals surface area (Å²) < 4.78 is 12.4. The Kier molecular flexibility index (Phi) is 6.71. The average molecular weight is 513 g/mol. The maximum Gasteiger partial charge on any atom is 0.307 e. The van der Waals surface area contributed by atoms with Crippen LogP contribution in [-0.2, 0) is 6.61 Å². The molecular formula is C19H13Br2ClN2O3. The Morgan fingerprint density at radius 1 is 1.19 bits per heavy atom. The van der Waals surface area contributed by atoms with E-state index in [0.29, 0.717) is 17.4 Å². The minimum atomic E-state index is -0.422. The fourth-order valence-corrected chi connectivity index (χ4v) is 3.83. The van der Waals surface area contributed by atoms with Crippen molar-refractivity contribution in [3.05, 3.63) is 85.6 Å². The number of nitrogens with one attached hydrogen (secondary N) is 1. The first-order valence-electron chi connectivity index (χ1n) is 7.77. The fraction of sp³-hybridized carbons (Fsp3) is 0.0526. The first kappa shape index (κ1) is 19.7. The topological polar surface area (TPSA) is 63.8 Å². The number of hydrogen-bond donors (Lipinski definition) is 1. The zero-order valence-corrected chi connectivity index (χ0v) is 17.7. The summed E-state index contributed by atoms with van der Waals surface area (Å²) in [5, 5.41) is 4.58. The van der Waals surface area contributed by atoms with Gasteiger partial charge in [-0.2, -0.15) is 5.10 Å². The molecule has 0 unspecified atom stereocenters. The van der Waals surface area contributed by atoms with Gasteiger partial charge in [0, 0.05) is 10.6 Å². The molecule has 3 rings (SSSR count). The molecule has 0 spiro atoms. The molecule has 0 atom stereocenters. The van der Waals surface area contributed by atoms with Gasteiger partial charge in [-0.3, -0.25) is 4.79 Å². The lowest BCUT2D eigenvalue weighted by molar-refractivity contribution is 0.0927. The Hall–Kier alpha value is -2.09. The van der Waals surface area contributed by atoms with Gasteiger partial charge < -0.3 is 9.15 Å². The zero-order valence-electron chi connectivity index (χ0n) is 13.8. The number of rotatable bonds is 6. The molecule has 1 amide bonds. The number of carbonyl (C=O) groups is 1. The van der Waals surface area contributed by atoms with Crippen LogP contribution in [-0.4, -0.2) is 12.1 Å². The number of carbonyl (C=O) groups excluding carboxylic acids is 1. The molecule has 0 aliphatic carbocycles. The highest BCUT2D eigenvalue weighted by Gasteiger charge is 2.10. The van der Waals surface area contributed by atoms with Gasteiger partial charge in [0.15, 0.2) is 5.76 Å². The van der Waals surface area contributed by atoms with Gasteiger partial charge >= 0.3 is 5.91 Å². The molecule has 1 N–H and O–H groups in total. The summed E-state index contributed by atoms with van der Waals surface area (Å²) in [5.74, 6) is 0.415. The Balaban J connectivity index is 1.66. The molecule has 0 aliphatic rings. The highest BCUT2D eigenvalue weighted by atomic mass is 79.9.